The molecular weight excluding hydrogens is 392 g/mol. The third kappa shape index (κ3) is 4.23. The zero-order chi connectivity index (χ0) is 21.0. The van der Waals surface area contributed by atoms with Gasteiger partial charge in [-0.2, -0.15) is 5.26 Å². The number of thioether (sulfide) groups is 1. The summed E-state index contributed by atoms with van der Waals surface area (Å²) in [5.74, 6) is -0.131. The first kappa shape index (κ1) is 20.0. The number of H-pyrrole nitrogens is 1. The summed E-state index contributed by atoms with van der Waals surface area (Å²) in [6.07, 6.45) is 1.16. The standard InChI is InChI=1S/C20H16N4O4S/c1-12-4-3-5-13(8-12)24-19(26)15(18(25)23-20(24)27)10-22-16-7-6-14(29-11-21)9-17(16)28-2/h3-10,26H,1-2H3,(H,23,25,27). The maximum Gasteiger partial charge on any atom is 0.335 e. The summed E-state index contributed by atoms with van der Waals surface area (Å²) < 4.78 is 6.27. The van der Waals surface area contributed by atoms with E-state index in [4.69, 9.17) is 10.00 Å². The summed E-state index contributed by atoms with van der Waals surface area (Å²) in [6.45, 7) is 1.85. The molecule has 9 heteroatoms. The maximum atomic E-state index is 12.3. The zero-order valence-corrected chi connectivity index (χ0v) is 16.4. The highest BCUT2D eigenvalue weighted by Crippen LogP contribution is 2.32. The van der Waals surface area contributed by atoms with Crippen LogP contribution in [-0.4, -0.2) is 28.0 Å². The summed E-state index contributed by atoms with van der Waals surface area (Å²) in [6, 6.07) is 11.9. The SMILES string of the molecule is COc1cc(SC#N)ccc1N=Cc1c(O)n(-c2cccc(C)c2)c(=O)[nH]c1=O. The maximum absolute atomic E-state index is 12.3. The van der Waals surface area contributed by atoms with Crippen LogP contribution in [0.5, 0.6) is 11.6 Å². The lowest BCUT2D eigenvalue weighted by Gasteiger charge is -2.10. The number of aromatic nitrogens is 2. The van der Waals surface area contributed by atoms with Crippen molar-refractivity contribution in [2.75, 3.05) is 7.11 Å². The molecule has 0 bridgehead atoms. The van der Waals surface area contributed by atoms with Gasteiger partial charge in [-0.3, -0.25) is 14.8 Å². The molecule has 0 fully saturated rings. The Morgan fingerprint density at radius 2 is 2.07 bits per heavy atom. The molecule has 3 rings (SSSR count). The molecule has 8 nitrogen and oxygen atoms in total. The minimum Gasteiger partial charge on any atom is -0.494 e. The second-order valence-electron chi connectivity index (χ2n) is 5.96. The van der Waals surface area contributed by atoms with Gasteiger partial charge in [0, 0.05) is 11.1 Å². The number of aromatic hydroxyl groups is 1. The number of aromatic amines is 1. The number of ether oxygens (including phenoxy) is 1. The Balaban J connectivity index is 2.09. The van der Waals surface area contributed by atoms with Crippen molar-refractivity contribution in [3.8, 4) is 22.7 Å². The van der Waals surface area contributed by atoms with Crippen molar-refractivity contribution >= 4 is 23.7 Å². The van der Waals surface area contributed by atoms with E-state index in [9.17, 15) is 14.7 Å². The Hall–Kier alpha value is -3.77. The number of benzene rings is 2. The van der Waals surface area contributed by atoms with Crippen LogP contribution < -0.4 is 16.0 Å². The van der Waals surface area contributed by atoms with E-state index < -0.39 is 17.1 Å². The van der Waals surface area contributed by atoms with Gasteiger partial charge in [0.15, 0.2) is 0 Å². The van der Waals surface area contributed by atoms with Crippen LogP contribution in [0.2, 0.25) is 0 Å². The van der Waals surface area contributed by atoms with Crippen molar-refractivity contribution < 1.29 is 9.84 Å². The Morgan fingerprint density at radius 3 is 2.76 bits per heavy atom. The molecule has 0 atom stereocenters. The molecule has 0 amide bonds. The number of aliphatic imine (C=N–C) groups is 1. The van der Waals surface area contributed by atoms with Crippen molar-refractivity contribution in [2.24, 2.45) is 4.99 Å². The smallest absolute Gasteiger partial charge is 0.335 e. The van der Waals surface area contributed by atoms with Crippen LogP contribution in [0.1, 0.15) is 11.1 Å². The first-order valence-corrected chi connectivity index (χ1v) is 9.19. The summed E-state index contributed by atoms with van der Waals surface area (Å²) in [7, 11) is 1.46. The molecule has 0 aliphatic carbocycles. The van der Waals surface area contributed by atoms with E-state index in [1.807, 2.05) is 18.4 Å². The summed E-state index contributed by atoms with van der Waals surface area (Å²) >= 11 is 0.976. The number of nitrogens with one attached hydrogen (secondary N) is 1. The number of hydrogen-bond acceptors (Lipinski definition) is 7. The highest BCUT2D eigenvalue weighted by molar-refractivity contribution is 8.03. The Bertz CT molecular complexity index is 1250. The van der Waals surface area contributed by atoms with Gasteiger partial charge < -0.3 is 9.84 Å². The molecule has 2 aromatic carbocycles. The normalized spacial score (nSPS) is 10.8. The van der Waals surface area contributed by atoms with Gasteiger partial charge in [-0.05, 0) is 54.6 Å². The van der Waals surface area contributed by atoms with Gasteiger partial charge in [0.1, 0.15) is 22.4 Å². The number of nitriles is 1. The second-order valence-corrected chi connectivity index (χ2v) is 6.81. The lowest BCUT2D eigenvalue weighted by molar-refractivity contribution is 0.415. The van der Waals surface area contributed by atoms with Gasteiger partial charge in [-0.1, -0.05) is 12.1 Å². The fraction of sp³-hybridized carbons (Fsp3) is 0.100. The predicted octanol–water partition coefficient (Wildman–Crippen LogP) is 2.87. The second kappa shape index (κ2) is 8.50. The minimum absolute atomic E-state index is 0.177. The van der Waals surface area contributed by atoms with Crippen LogP contribution in [-0.2, 0) is 0 Å². The number of hydrogen-bond donors (Lipinski definition) is 2. The van der Waals surface area contributed by atoms with E-state index in [1.165, 1.54) is 7.11 Å². The monoisotopic (exact) mass is 408 g/mol. The molecule has 2 N–H and O–H groups in total. The summed E-state index contributed by atoms with van der Waals surface area (Å²) in [5, 5.41) is 21.3. The lowest BCUT2D eigenvalue weighted by Crippen LogP contribution is -2.31. The highest BCUT2D eigenvalue weighted by Gasteiger charge is 2.14. The van der Waals surface area contributed by atoms with Gasteiger partial charge >= 0.3 is 5.69 Å². The van der Waals surface area contributed by atoms with Crippen LogP contribution in [0, 0.1) is 17.6 Å². The molecule has 0 radical (unpaired) electrons. The largest absolute Gasteiger partial charge is 0.494 e. The molecule has 0 unspecified atom stereocenters. The Morgan fingerprint density at radius 1 is 1.28 bits per heavy atom. The highest BCUT2D eigenvalue weighted by atomic mass is 32.2. The third-order valence-electron chi connectivity index (χ3n) is 4.03. The molecule has 3 aromatic rings. The van der Waals surface area contributed by atoms with Crippen molar-refractivity contribution in [1.29, 1.82) is 5.26 Å². The fourth-order valence-corrected chi connectivity index (χ4v) is 3.08. The van der Waals surface area contributed by atoms with Crippen molar-refractivity contribution in [1.82, 2.24) is 9.55 Å². The molecule has 0 saturated heterocycles. The Kier molecular flexibility index (Phi) is 5.85. The number of methoxy groups -OCH3 is 1. The first-order valence-electron chi connectivity index (χ1n) is 8.38. The Labute approximate surface area is 169 Å². The molecule has 1 heterocycles. The van der Waals surface area contributed by atoms with E-state index >= 15 is 0 Å². The van der Waals surface area contributed by atoms with Crippen molar-refractivity contribution in [3.05, 3.63) is 74.4 Å². The number of aryl methyl sites for hydroxylation is 1. The quantitative estimate of drug-likeness (QED) is 0.380. The molecule has 146 valence electrons. The van der Waals surface area contributed by atoms with Gasteiger partial charge in [-0.25, -0.2) is 9.36 Å². The van der Waals surface area contributed by atoms with E-state index in [1.54, 1.807) is 36.4 Å². The molecule has 0 aliphatic rings. The summed E-state index contributed by atoms with van der Waals surface area (Å²) in [4.78, 5) is 31.6. The van der Waals surface area contributed by atoms with Gasteiger partial charge in [0.2, 0.25) is 5.88 Å². The topological polar surface area (TPSA) is 120 Å². The molecule has 0 saturated carbocycles. The van der Waals surface area contributed by atoms with Crippen LogP contribution >= 0.6 is 11.8 Å². The molecular formula is C20H16N4O4S. The van der Waals surface area contributed by atoms with E-state index in [-0.39, 0.29) is 5.56 Å². The van der Waals surface area contributed by atoms with Crippen LogP contribution in [0.25, 0.3) is 5.69 Å². The molecule has 29 heavy (non-hydrogen) atoms. The minimum atomic E-state index is -0.768. The van der Waals surface area contributed by atoms with Crippen LogP contribution in [0.4, 0.5) is 5.69 Å². The van der Waals surface area contributed by atoms with E-state index in [0.717, 1.165) is 28.1 Å². The zero-order valence-electron chi connectivity index (χ0n) is 15.5. The number of nitrogens with zero attached hydrogens (tertiary/aromatic N) is 3. The van der Waals surface area contributed by atoms with Crippen molar-refractivity contribution in [2.45, 2.75) is 11.8 Å². The average molecular weight is 408 g/mol. The van der Waals surface area contributed by atoms with Gasteiger partial charge in [0.25, 0.3) is 5.56 Å². The van der Waals surface area contributed by atoms with Crippen molar-refractivity contribution in [3.63, 3.8) is 0 Å². The number of rotatable bonds is 5. The van der Waals surface area contributed by atoms with Gasteiger partial charge in [0.05, 0.1) is 12.8 Å². The average Bonchev–Trinajstić information content (AvgIpc) is 2.68. The van der Waals surface area contributed by atoms with E-state index in [0.29, 0.717) is 22.0 Å². The molecule has 0 spiro atoms. The van der Waals surface area contributed by atoms with Crippen LogP contribution in [0.15, 0.2) is 61.9 Å². The predicted molar refractivity (Wildman–Crippen MR) is 111 cm³/mol. The molecule has 0 aliphatic heterocycles. The summed E-state index contributed by atoms with van der Waals surface area (Å²) in [5.41, 5.74) is -0.0174. The number of thiocyanates is 1. The molecule has 1 aromatic heterocycles. The van der Waals surface area contributed by atoms with Gasteiger partial charge in [-0.15, -0.1) is 0 Å². The first-order chi connectivity index (χ1) is 13.9. The van der Waals surface area contributed by atoms with Crippen LogP contribution in [0.3, 0.4) is 0 Å². The lowest BCUT2D eigenvalue weighted by atomic mass is 10.2. The fourth-order valence-electron chi connectivity index (χ4n) is 2.68. The third-order valence-corrected chi connectivity index (χ3v) is 4.61. The van der Waals surface area contributed by atoms with E-state index in [2.05, 4.69) is 9.98 Å².